The van der Waals surface area contributed by atoms with E-state index in [0.717, 1.165) is 25.9 Å². The highest BCUT2D eigenvalue weighted by atomic mass is 16.5. The van der Waals surface area contributed by atoms with Gasteiger partial charge in [-0.2, -0.15) is 0 Å². The number of rotatable bonds is 4. The first-order chi connectivity index (χ1) is 7.80. The van der Waals surface area contributed by atoms with Crippen LogP contribution >= 0.6 is 0 Å². The highest BCUT2D eigenvalue weighted by molar-refractivity contribution is 5.28. The molecule has 2 heterocycles. The average molecular weight is 222 g/mol. The molecular weight excluding hydrogens is 204 g/mol. The van der Waals surface area contributed by atoms with Gasteiger partial charge in [-0.15, -0.1) is 0 Å². The SMILES string of the molecule is COc1ccc(C2(CCO)CCNC2)cn1. The van der Waals surface area contributed by atoms with E-state index in [9.17, 15) is 5.11 Å². The van der Waals surface area contributed by atoms with Crippen LogP contribution in [0.5, 0.6) is 5.88 Å². The van der Waals surface area contributed by atoms with Crippen LogP contribution in [0.2, 0.25) is 0 Å². The van der Waals surface area contributed by atoms with Gasteiger partial charge in [-0.3, -0.25) is 0 Å². The Kier molecular flexibility index (Phi) is 3.41. The molecule has 1 aliphatic heterocycles. The van der Waals surface area contributed by atoms with Gasteiger partial charge in [0.05, 0.1) is 7.11 Å². The van der Waals surface area contributed by atoms with E-state index >= 15 is 0 Å². The predicted octanol–water partition coefficient (Wildman–Crippen LogP) is 0.704. The zero-order valence-electron chi connectivity index (χ0n) is 9.57. The summed E-state index contributed by atoms with van der Waals surface area (Å²) in [4.78, 5) is 4.24. The molecule has 1 aliphatic rings. The smallest absolute Gasteiger partial charge is 0.212 e. The van der Waals surface area contributed by atoms with Crippen LogP contribution in [-0.4, -0.2) is 36.9 Å². The number of aliphatic hydroxyl groups excluding tert-OH is 1. The lowest BCUT2D eigenvalue weighted by Crippen LogP contribution is -2.30. The average Bonchev–Trinajstić information content (AvgIpc) is 2.80. The van der Waals surface area contributed by atoms with Crippen molar-refractivity contribution in [3.8, 4) is 5.88 Å². The Balaban J connectivity index is 2.24. The fraction of sp³-hybridized carbons (Fsp3) is 0.583. The van der Waals surface area contributed by atoms with Gasteiger partial charge < -0.3 is 15.2 Å². The molecule has 1 aromatic heterocycles. The van der Waals surface area contributed by atoms with E-state index in [1.54, 1.807) is 7.11 Å². The molecule has 0 bridgehead atoms. The standard InChI is InChI=1S/C12H18N2O2/c1-16-11-3-2-10(8-14-11)12(5-7-15)4-6-13-9-12/h2-3,8,13,15H,4-7,9H2,1H3. The van der Waals surface area contributed by atoms with Crippen molar-refractivity contribution in [2.75, 3.05) is 26.8 Å². The van der Waals surface area contributed by atoms with Gasteiger partial charge in [0, 0.05) is 30.8 Å². The minimum atomic E-state index is 0.0496. The quantitative estimate of drug-likeness (QED) is 0.787. The summed E-state index contributed by atoms with van der Waals surface area (Å²) in [5.74, 6) is 0.633. The Hall–Kier alpha value is -1.13. The molecule has 16 heavy (non-hydrogen) atoms. The number of hydrogen-bond acceptors (Lipinski definition) is 4. The maximum Gasteiger partial charge on any atom is 0.212 e. The number of methoxy groups -OCH3 is 1. The van der Waals surface area contributed by atoms with Crippen molar-refractivity contribution < 1.29 is 9.84 Å². The fourth-order valence-electron chi connectivity index (χ4n) is 2.38. The molecule has 0 saturated carbocycles. The molecule has 0 amide bonds. The Morgan fingerprint density at radius 1 is 1.56 bits per heavy atom. The summed E-state index contributed by atoms with van der Waals surface area (Å²) in [6, 6.07) is 3.93. The van der Waals surface area contributed by atoms with E-state index in [-0.39, 0.29) is 12.0 Å². The van der Waals surface area contributed by atoms with E-state index in [0.29, 0.717) is 5.88 Å². The van der Waals surface area contributed by atoms with E-state index in [2.05, 4.69) is 16.4 Å². The molecule has 2 rings (SSSR count). The van der Waals surface area contributed by atoms with Crippen LogP contribution in [0.4, 0.5) is 0 Å². The second-order valence-corrected chi connectivity index (χ2v) is 4.27. The molecule has 4 heteroatoms. The summed E-state index contributed by atoms with van der Waals surface area (Å²) in [6.45, 7) is 2.14. The van der Waals surface area contributed by atoms with Gasteiger partial charge in [0.2, 0.25) is 5.88 Å². The first kappa shape index (κ1) is 11.4. The van der Waals surface area contributed by atoms with E-state index in [4.69, 9.17) is 4.74 Å². The minimum Gasteiger partial charge on any atom is -0.481 e. The van der Waals surface area contributed by atoms with Crippen LogP contribution in [-0.2, 0) is 5.41 Å². The molecule has 4 nitrogen and oxygen atoms in total. The molecule has 0 aromatic carbocycles. The summed E-state index contributed by atoms with van der Waals surface area (Å²) in [5, 5.41) is 12.5. The summed E-state index contributed by atoms with van der Waals surface area (Å²) >= 11 is 0. The molecular formula is C12H18N2O2. The fourth-order valence-corrected chi connectivity index (χ4v) is 2.38. The number of nitrogens with zero attached hydrogens (tertiary/aromatic N) is 1. The lowest BCUT2D eigenvalue weighted by atomic mass is 9.78. The van der Waals surface area contributed by atoms with Gasteiger partial charge in [-0.25, -0.2) is 4.98 Å². The van der Waals surface area contributed by atoms with Gasteiger partial charge in [0.1, 0.15) is 0 Å². The normalized spacial score (nSPS) is 24.6. The molecule has 1 fully saturated rings. The van der Waals surface area contributed by atoms with Crippen molar-refractivity contribution in [3.63, 3.8) is 0 Å². The van der Waals surface area contributed by atoms with Crippen molar-refractivity contribution in [2.45, 2.75) is 18.3 Å². The highest BCUT2D eigenvalue weighted by Crippen LogP contribution is 2.34. The monoisotopic (exact) mass is 222 g/mol. The van der Waals surface area contributed by atoms with Crippen LogP contribution in [0.15, 0.2) is 18.3 Å². The Bertz CT molecular complexity index is 331. The molecule has 88 valence electrons. The topological polar surface area (TPSA) is 54.4 Å². The number of hydrogen-bond donors (Lipinski definition) is 2. The van der Waals surface area contributed by atoms with Gasteiger partial charge in [0.15, 0.2) is 0 Å². The van der Waals surface area contributed by atoms with E-state index in [1.165, 1.54) is 5.56 Å². The molecule has 0 radical (unpaired) electrons. The Labute approximate surface area is 95.7 Å². The second-order valence-electron chi connectivity index (χ2n) is 4.27. The molecule has 1 unspecified atom stereocenters. The molecule has 1 aromatic rings. The lowest BCUT2D eigenvalue weighted by Gasteiger charge is -2.27. The van der Waals surface area contributed by atoms with Crippen LogP contribution < -0.4 is 10.1 Å². The third kappa shape index (κ3) is 2.03. The largest absolute Gasteiger partial charge is 0.481 e. The zero-order chi connectivity index (χ0) is 11.4. The molecule has 0 aliphatic carbocycles. The van der Waals surface area contributed by atoms with Crippen LogP contribution in [0.3, 0.4) is 0 Å². The summed E-state index contributed by atoms with van der Waals surface area (Å²) in [6.07, 6.45) is 3.71. The first-order valence-corrected chi connectivity index (χ1v) is 5.63. The van der Waals surface area contributed by atoms with Crippen molar-refractivity contribution in [3.05, 3.63) is 23.9 Å². The molecule has 0 spiro atoms. The van der Waals surface area contributed by atoms with Crippen molar-refractivity contribution >= 4 is 0 Å². The van der Waals surface area contributed by atoms with Gasteiger partial charge in [-0.1, -0.05) is 6.07 Å². The number of ether oxygens (including phenoxy) is 1. The lowest BCUT2D eigenvalue weighted by molar-refractivity contribution is 0.243. The Morgan fingerprint density at radius 3 is 2.94 bits per heavy atom. The number of aliphatic hydroxyl groups is 1. The van der Waals surface area contributed by atoms with Gasteiger partial charge in [-0.05, 0) is 24.9 Å². The third-order valence-corrected chi connectivity index (χ3v) is 3.39. The number of pyridine rings is 1. The van der Waals surface area contributed by atoms with Gasteiger partial charge >= 0.3 is 0 Å². The first-order valence-electron chi connectivity index (χ1n) is 5.63. The maximum atomic E-state index is 9.18. The van der Waals surface area contributed by atoms with E-state index in [1.807, 2.05) is 12.3 Å². The third-order valence-electron chi connectivity index (χ3n) is 3.39. The minimum absolute atomic E-state index is 0.0496. The van der Waals surface area contributed by atoms with Gasteiger partial charge in [0.25, 0.3) is 0 Å². The summed E-state index contributed by atoms with van der Waals surface area (Å²) < 4.78 is 5.05. The van der Waals surface area contributed by atoms with Crippen molar-refractivity contribution in [1.82, 2.24) is 10.3 Å². The highest BCUT2D eigenvalue weighted by Gasteiger charge is 2.35. The molecule has 2 N–H and O–H groups in total. The summed E-state index contributed by atoms with van der Waals surface area (Å²) in [5.41, 5.74) is 1.24. The number of aromatic nitrogens is 1. The van der Waals surface area contributed by atoms with E-state index < -0.39 is 0 Å². The Morgan fingerprint density at radius 2 is 2.44 bits per heavy atom. The zero-order valence-corrected chi connectivity index (χ0v) is 9.57. The second kappa shape index (κ2) is 4.80. The van der Waals surface area contributed by atoms with Crippen molar-refractivity contribution in [1.29, 1.82) is 0 Å². The molecule has 1 atom stereocenters. The maximum absolute atomic E-state index is 9.18. The molecule has 1 saturated heterocycles. The van der Waals surface area contributed by atoms with Crippen LogP contribution in [0, 0.1) is 0 Å². The summed E-state index contributed by atoms with van der Waals surface area (Å²) in [7, 11) is 1.61. The predicted molar refractivity (Wildman–Crippen MR) is 61.7 cm³/mol. The van der Waals surface area contributed by atoms with Crippen LogP contribution in [0.25, 0.3) is 0 Å². The van der Waals surface area contributed by atoms with Crippen molar-refractivity contribution in [2.24, 2.45) is 0 Å². The number of nitrogens with one attached hydrogen (secondary N) is 1. The van der Waals surface area contributed by atoms with Crippen LogP contribution in [0.1, 0.15) is 18.4 Å².